The van der Waals surface area contributed by atoms with E-state index in [1.54, 1.807) is 0 Å². The van der Waals surface area contributed by atoms with Crippen LogP contribution in [0.15, 0.2) is 34.3 Å². The Kier molecular flexibility index (Phi) is 2.39. The zero-order chi connectivity index (χ0) is 9.10. The summed E-state index contributed by atoms with van der Waals surface area (Å²) in [5, 5.41) is 0. The van der Waals surface area contributed by atoms with Crippen LogP contribution in [0.25, 0.3) is 0 Å². The summed E-state index contributed by atoms with van der Waals surface area (Å²) in [5.41, 5.74) is 1.05. The summed E-state index contributed by atoms with van der Waals surface area (Å²) in [5.74, 6) is 0.553. The summed E-state index contributed by atoms with van der Waals surface area (Å²) in [7, 11) is 0. The third-order valence-corrected chi connectivity index (χ3v) is 2.45. The van der Waals surface area contributed by atoms with Gasteiger partial charge in [-0.15, -0.1) is 0 Å². The van der Waals surface area contributed by atoms with Gasteiger partial charge in [-0.05, 0) is 13.3 Å². The van der Waals surface area contributed by atoms with Crippen molar-refractivity contribution < 1.29 is 0 Å². The molecule has 2 heteroatoms. The van der Waals surface area contributed by atoms with Crippen LogP contribution < -0.4 is 0 Å². The van der Waals surface area contributed by atoms with Crippen molar-refractivity contribution in [3.63, 3.8) is 0 Å². The number of rotatable bonds is 1. The van der Waals surface area contributed by atoms with Crippen molar-refractivity contribution in [1.82, 2.24) is 0 Å². The highest BCUT2D eigenvalue weighted by Gasteiger charge is 2.19. The Morgan fingerprint density at radius 3 is 3.00 bits per heavy atom. The van der Waals surface area contributed by atoms with Crippen LogP contribution >= 0.6 is 0 Å². The lowest BCUT2D eigenvalue weighted by molar-refractivity contribution is 0.512. The molecule has 1 heterocycles. The van der Waals surface area contributed by atoms with Crippen molar-refractivity contribution in [2.24, 2.45) is 15.9 Å². The van der Waals surface area contributed by atoms with Crippen LogP contribution in [0, 0.1) is 5.92 Å². The average Bonchev–Trinajstić information content (AvgIpc) is 2.19. The molecule has 0 aromatic rings. The van der Waals surface area contributed by atoms with Gasteiger partial charge in [0.25, 0.3) is 0 Å². The highest BCUT2D eigenvalue weighted by Crippen LogP contribution is 2.20. The maximum Gasteiger partial charge on any atom is 0.0763 e. The second kappa shape index (κ2) is 3.69. The molecule has 0 spiro atoms. The summed E-state index contributed by atoms with van der Waals surface area (Å²) in [4.78, 5) is 8.89. The van der Waals surface area contributed by atoms with Crippen molar-refractivity contribution in [3.05, 3.63) is 24.3 Å². The van der Waals surface area contributed by atoms with Gasteiger partial charge in [-0.25, -0.2) is 0 Å². The van der Waals surface area contributed by atoms with Crippen LogP contribution in [0.2, 0.25) is 0 Å². The first kappa shape index (κ1) is 8.42. The lowest BCUT2D eigenvalue weighted by Gasteiger charge is -2.22. The van der Waals surface area contributed by atoms with E-state index in [2.05, 4.69) is 34.3 Å². The number of hydrogen-bond donors (Lipinski definition) is 0. The topological polar surface area (TPSA) is 24.7 Å². The summed E-state index contributed by atoms with van der Waals surface area (Å²) in [6, 6.07) is 0.367. The number of nitrogens with zero attached hydrogens (tertiary/aromatic N) is 2. The van der Waals surface area contributed by atoms with E-state index < -0.39 is 0 Å². The van der Waals surface area contributed by atoms with Crippen LogP contribution in [0.4, 0.5) is 0 Å². The average molecular weight is 174 g/mol. The Morgan fingerprint density at radius 1 is 1.38 bits per heavy atom. The molecule has 0 radical (unpaired) electrons. The van der Waals surface area contributed by atoms with Gasteiger partial charge in [0.15, 0.2) is 0 Å². The fourth-order valence-corrected chi connectivity index (χ4v) is 1.74. The molecule has 0 amide bonds. The van der Waals surface area contributed by atoms with Gasteiger partial charge in [0, 0.05) is 17.8 Å². The summed E-state index contributed by atoms with van der Waals surface area (Å²) < 4.78 is 0. The van der Waals surface area contributed by atoms with Crippen LogP contribution in [0.3, 0.4) is 0 Å². The fourth-order valence-electron chi connectivity index (χ4n) is 1.74. The predicted octanol–water partition coefficient (Wildman–Crippen LogP) is 2.03. The summed E-state index contributed by atoms with van der Waals surface area (Å²) in [6.07, 6.45) is 11.6. The maximum absolute atomic E-state index is 4.59. The quantitative estimate of drug-likeness (QED) is 0.581. The second-order valence-electron chi connectivity index (χ2n) is 3.54. The van der Waals surface area contributed by atoms with E-state index >= 15 is 0 Å². The van der Waals surface area contributed by atoms with Gasteiger partial charge in [0.2, 0.25) is 0 Å². The van der Waals surface area contributed by atoms with Crippen LogP contribution in [0.5, 0.6) is 0 Å². The van der Waals surface area contributed by atoms with Crippen molar-refractivity contribution in [2.45, 2.75) is 19.4 Å². The fraction of sp³-hybridized carbons (Fsp3) is 0.455. The van der Waals surface area contributed by atoms with Gasteiger partial charge < -0.3 is 0 Å². The number of aliphatic imine (C=N–C) groups is 2. The Hall–Kier alpha value is -1.18. The molecule has 2 nitrogen and oxygen atoms in total. The molecule has 13 heavy (non-hydrogen) atoms. The van der Waals surface area contributed by atoms with Gasteiger partial charge in [-0.2, -0.15) is 0 Å². The van der Waals surface area contributed by atoms with E-state index in [-0.39, 0.29) is 0 Å². The van der Waals surface area contributed by atoms with E-state index in [0.29, 0.717) is 12.0 Å². The largest absolute Gasteiger partial charge is 0.289 e. The standard InChI is InChI=1S/C11H14N2/c1-9-7-12-8-11(13-9)10-5-3-2-4-6-10/h2-5,7,10-11H,6,8H2,1H3/t10-,11?/m0/s1. The Labute approximate surface area is 78.8 Å². The molecule has 0 bridgehead atoms. The Balaban J connectivity index is 2.06. The van der Waals surface area contributed by atoms with E-state index in [0.717, 1.165) is 18.7 Å². The van der Waals surface area contributed by atoms with Crippen LogP contribution in [-0.2, 0) is 0 Å². The molecule has 0 N–H and O–H groups in total. The first-order valence-electron chi connectivity index (χ1n) is 4.74. The minimum Gasteiger partial charge on any atom is -0.289 e. The molecule has 68 valence electrons. The second-order valence-corrected chi connectivity index (χ2v) is 3.54. The lowest BCUT2D eigenvalue weighted by atomic mass is 9.92. The van der Waals surface area contributed by atoms with E-state index in [9.17, 15) is 0 Å². The maximum atomic E-state index is 4.59. The van der Waals surface area contributed by atoms with Gasteiger partial charge in [-0.1, -0.05) is 24.3 Å². The zero-order valence-corrected chi connectivity index (χ0v) is 7.85. The van der Waals surface area contributed by atoms with Gasteiger partial charge in [-0.3, -0.25) is 9.98 Å². The first-order valence-corrected chi connectivity index (χ1v) is 4.74. The molecule has 0 aromatic heterocycles. The van der Waals surface area contributed by atoms with Crippen molar-refractivity contribution in [2.75, 3.05) is 6.54 Å². The summed E-state index contributed by atoms with van der Waals surface area (Å²) >= 11 is 0. The number of hydrogen-bond acceptors (Lipinski definition) is 2. The molecule has 0 fully saturated rings. The third-order valence-electron chi connectivity index (χ3n) is 2.45. The highest BCUT2D eigenvalue weighted by atomic mass is 14.9. The summed E-state index contributed by atoms with van der Waals surface area (Å²) in [6.45, 7) is 2.86. The van der Waals surface area contributed by atoms with E-state index in [1.165, 1.54) is 0 Å². The molecular formula is C11H14N2. The van der Waals surface area contributed by atoms with Crippen molar-refractivity contribution >= 4 is 11.9 Å². The predicted molar refractivity (Wildman–Crippen MR) is 56.6 cm³/mol. The van der Waals surface area contributed by atoms with Crippen molar-refractivity contribution in [3.8, 4) is 0 Å². The van der Waals surface area contributed by atoms with Gasteiger partial charge >= 0.3 is 0 Å². The Bertz CT molecular complexity index is 297. The SMILES string of the molecule is CC1=NC([C@H]2C=CC=CC2)CN=C1. The van der Waals surface area contributed by atoms with Crippen molar-refractivity contribution in [1.29, 1.82) is 0 Å². The highest BCUT2D eigenvalue weighted by molar-refractivity contribution is 6.29. The minimum absolute atomic E-state index is 0.367. The molecule has 2 rings (SSSR count). The Morgan fingerprint density at radius 2 is 2.31 bits per heavy atom. The molecular weight excluding hydrogens is 160 g/mol. The zero-order valence-electron chi connectivity index (χ0n) is 7.85. The normalized spacial score (nSPS) is 31.9. The smallest absolute Gasteiger partial charge is 0.0763 e. The van der Waals surface area contributed by atoms with E-state index in [4.69, 9.17) is 0 Å². The molecule has 1 aliphatic heterocycles. The lowest BCUT2D eigenvalue weighted by Crippen LogP contribution is -2.25. The molecule has 1 aliphatic carbocycles. The monoisotopic (exact) mass is 174 g/mol. The van der Waals surface area contributed by atoms with E-state index in [1.807, 2.05) is 13.1 Å². The molecule has 0 saturated heterocycles. The number of allylic oxidation sites excluding steroid dienone is 3. The molecule has 0 aromatic carbocycles. The molecule has 2 aliphatic rings. The molecule has 0 saturated carbocycles. The third kappa shape index (κ3) is 1.94. The molecule has 1 unspecified atom stereocenters. The first-order chi connectivity index (χ1) is 6.36. The molecule has 2 atom stereocenters. The minimum atomic E-state index is 0.367. The van der Waals surface area contributed by atoms with Crippen LogP contribution in [0.1, 0.15) is 13.3 Å². The van der Waals surface area contributed by atoms with Gasteiger partial charge in [0.1, 0.15) is 0 Å². The van der Waals surface area contributed by atoms with Crippen LogP contribution in [-0.4, -0.2) is 24.5 Å². The van der Waals surface area contributed by atoms with Gasteiger partial charge in [0.05, 0.1) is 12.6 Å².